The highest BCUT2D eigenvalue weighted by Crippen LogP contribution is 2.24. The lowest BCUT2D eigenvalue weighted by Crippen LogP contribution is -2.61. The number of H-pyrrole nitrogens is 1. The highest BCUT2D eigenvalue weighted by Gasteiger charge is 2.42. The fourth-order valence-electron chi connectivity index (χ4n) is 14.1. The molecule has 1 aliphatic heterocycles. The molecule has 35 heteroatoms. The van der Waals surface area contributed by atoms with E-state index in [9.17, 15) is 68.1 Å². The molecule has 0 spiro atoms. The summed E-state index contributed by atoms with van der Waals surface area (Å²) in [6.45, 7) is 7.87. The van der Waals surface area contributed by atoms with Gasteiger partial charge in [0.15, 0.2) is 0 Å². The molecule has 658 valence electrons. The summed E-state index contributed by atoms with van der Waals surface area (Å²) in [5, 5.41) is 55.1. The maximum atomic E-state index is 15.5. The van der Waals surface area contributed by atoms with Crippen molar-refractivity contribution in [3.05, 3.63) is 174 Å². The number of hydrogen-bond acceptors (Lipinski definition) is 19. The number of carboxylic acid groups (broad SMARTS) is 1. The molecule has 34 nitrogen and oxygen atoms in total. The quantitative estimate of drug-likeness (QED) is 0.0450. The number of nitrogens with zero attached hydrogens (tertiary/aromatic N) is 5. The summed E-state index contributed by atoms with van der Waals surface area (Å²) >= 11 is 0.858. The second kappa shape index (κ2) is 47.1. The first-order valence-corrected chi connectivity index (χ1v) is 41.7. The van der Waals surface area contributed by atoms with Crippen molar-refractivity contribution in [2.24, 2.45) is 17.6 Å². The Morgan fingerprint density at radius 2 is 0.992 bits per heavy atom. The van der Waals surface area contributed by atoms with Crippen LogP contribution >= 0.6 is 11.8 Å². The molecular formula is C87H116N16O18S. The third-order valence-corrected chi connectivity index (χ3v) is 21.9. The van der Waals surface area contributed by atoms with Crippen LogP contribution in [0.3, 0.4) is 0 Å². The molecular weight excluding hydrogens is 1590 g/mol. The van der Waals surface area contributed by atoms with Gasteiger partial charge >= 0.3 is 5.97 Å². The normalized spacial score (nSPS) is 22.8. The number of fused-ring (bicyclic) bond motifs is 1. The largest absolute Gasteiger partial charge is 0.508 e. The number of amides is 14. The highest BCUT2D eigenvalue weighted by atomic mass is 32.2. The molecule has 14 amide bonds. The number of aliphatic carboxylic acids is 1. The molecule has 15 N–H and O–H groups in total. The van der Waals surface area contributed by atoms with E-state index in [4.69, 9.17) is 5.73 Å². The number of thioether (sulfide) groups is 1. The molecule has 5 aromatic carbocycles. The van der Waals surface area contributed by atoms with Crippen molar-refractivity contribution in [2.45, 2.75) is 178 Å². The van der Waals surface area contributed by atoms with Gasteiger partial charge in [-0.05, 0) is 77.6 Å². The van der Waals surface area contributed by atoms with Crippen LogP contribution in [-0.2, 0) is 104 Å². The number of aliphatic hydroxyl groups excluding tert-OH is 1. The molecule has 7 rings (SSSR count). The number of carboxylic acids is 1. The Morgan fingerprint density at radius 1 is 0.508 bits per heavy atom. The van der Waals surface area contributed by atoms with Crippen molar-refractivity contribution in [3.63, 3.8) is 0 Å². The lowest BCUT2D eigenvalue weighted by Gasteiger charge is -2.37. The lowest BCUT2D eigenvalue weighted by molar-refractivity contribution is -0.151. The molecule has 0 radical (unpaired) electrons. The predicted octanol–water partition coefficient (Wildman–Crippen LogP) is 1.19. The van der Waals surface area contributed by atoms with E-state index < -0.39 is 199 Å². The van der Waals surface area contributed by atoms with E-state index in [0.717, 1.165) is 26.5 Å². The molecule has 0 saturated carbocycles. The van der Waals surface area contributed by atoms with Gasteiger partial charge in [0.1, 0.15) is 78.4 Å². The molecule has 1 aromatic heterocycles. The van der Waals surface area contributed by atoms with Crippen LogP contribution in [0.1, 0.15) is 101 Å². The van der Waals surface area contributed by atoms with E-state index in [1.807, 2.05) is 6.92 Å². The number of carbonyl (C=O) groups is 15. The number of aliphatic hydroxyl groups is 1. The topological polar surface area (TPSA) is 483 Å². The lowest BCUT2D eigenvalue weighted by atomic mass is 9.98. The average Bonchev–Trinajstić information content (AvgIpc) is 1.05. The van der Waals surface area contributed by atoms with Gasteiger partial charge in [0, 0.05) is 90.2 Å². The minimum absolute atomic E-state index is 0.0462. The van der Waals surface area contributed by atoms with Crippen LogP contribution in [0.25, 0.3) is 10.9 Å². The first-order valence-electron chi connectivity index (χ1n) is 40.6. The van der Waals surface area contributed by atoms with Crippen LogP contribution in [0.4, 0.5) is 0 Å². The maximum absolute atomic E-state index is 15.5. The molecule has 2 heterocycles. The van der Waals surface area contributed by atoms with Crippen LogP contribution in [0.5, 0.6) is 5.75 Å². The Balaban J connectivity index is 1.29. The molecule has 122 heavy (non-hydrogen) atoms. The number of aromatic nitrogens is 1. The van der Waals surface area contributed by atoms with E-state index >= 15 is 19.2 Å². The zero-order valence-corrected chi connectivity index (χ0v) is 71.5. The summed E-state index contributed by atoms with van der Waals surface area (Å²) in [5.74, 6) is -15.7. The van der Waals surface area contributed by atoms with Gasteiger partial charge in [0.05, 0.1) is 31.8 Å². The third-order valence-electron chi connectivity index (χ3n) is 20.8. The number of phenolic OH excluding ortho intramolecular Hbond substituents is 1. The van der Waals surface area contributed by atoms with Gasteiger partial charge in [0.25, 0.3) is 0 Å². The van der Waals surface area contributed by atoms with Crippen molar-refractivity contribution in [2.75, 3.05) is 66.4 Å². The van der Waals surface area contributed by atoms with Gasteiger partial charge in [0.2, 0.25) is 82.7 Å². The molecule has 0 bridgehead atoms. The van der Waals surface area contributed by atoms with E-state index in [2.05, 4.69) is 52.8 Å². The third kappa shape index (κ3) is 29.3. The average molecular weight is 1710 g/mol. The van der Waals surface area contributed by atoms with Gasteiger partial charge in [-0.15, -0.1) is 11.8 Å². The SMILES string of the molecule is CCCC[C@H]1C(=O)N(C)CC(=O)N[C@@H](CC(=O)O)C(=O)N[C@@H](C(C)C)C(=O)N(C)[C@@H](Cc2ccccc2)C(=O)N[C@@H](C)C(=O)N(C)CC(=O)N[C@@H](Cc2c[nH]c3ccccc23)C(=O)N[C@@H](Cc2ccc(O)cc2)C(=O)N[C@@H](CC(C)C)C(=O)N[C@@H](C(=O)NCC(N)O)CSCC(=O)N[C@@H](Cc2ccccc2)C(=O)N(C)[C@@H](Cc2ccccc2)C(=O)N1C. The second-order valence-electron chi connectivity index (χ2n) is 31.5. The summed E-state index contributed by atoms with van der Waals surface area (Å²) in [5.41, 5.74) is 9.02. The zero-order chi connectivity index (χ0) is 89.6. The highest BCUT2D eigenvalue weighted by molar-refractivity contribution is 8.00. The first kappa shape index (κ1) is 96.9. The van der Waals surface area contributed by atoms with Crippen molar-refractivity contribution in [3.8, 4) is 5.75 Å². The van der Waals surface area contributed by atoms with Crippen LogP contribution in [-0.4, -0.2) is 273 Å². The van der Waals surface area contributed by atoms with E-state index in [-0.39, 0.29) is 62.4 Å². The fourth-order valence-corrected chi connectivity index (χ4v) is 14.9. The molecule has 1 saturated heterocycles. The van der Waals surface area contributed by atoms with Crippen LogP contribution in [0.2, 0.25) is 0 Å². The van der Waals surface area contributed by atoms with Crippen molar-refractivity contribution in [1.29, 1.82) is 0 Å². The zero-order valence-electron chi connectivity index (χ0n) is 70.7. The number of rotatable bonds is 21. The second-order valence-corrected chi connectivity index (χ2v) is 32.5. The number of para-hydroxylation sites is 1. The Hall–Kier alpha value is -12.2. The summed E-state index contributed by atoms with van der Waals surface area (Å²) < 4.78 is 0. The van der Waals surface area contributed by atoms with Gasteiger partial charge in [-0.1, -0.05) is 169 Å². The van der Waals surface area contributed by atoms with Crippen molar-refractivity contribution >= 4 is 111 Å². The van der Waals surface area contributed by atoms with Gasteiger partial charge < -0.3 is 98.4 Å². The number of hydrogen-bond donors (Lipinski definition) is 14. The van der Waals surface area contributed by atoms with Gasteiger partial charge in [-0.25, -0.2) is 0 Å². The minimum Gasteiger partial charge on any atom is -0.508 e. The molecule has 1 fully saturated rings. The number of nitrogens with one attached hydrogen (secondary N) is 10. The smallest absolute Gasteiger partial charge is 0.305 e. The summed E-state index contributed by atoms with van der Waals surface area (Å²) in [6.07, 6.45) is -0.897. The standard InChI is InChI=1S/C87H116N16O18S/c1-12-13-33-68-85(119)100(8)48-73(107)93-65(44-75(109)110)81(115)98-76(52(4)5)87(121)102(10)69(41-55-27-19-15-20-28-55)82(116)91-53(6)83(117)99(7)47-72(106)92-64(43-58-45-89-61-32-24-23-31-60(58)61)80(114)96-63(39-57-34-36-59(104)37-35-57)79(113)95-62(38-51(2)3)78(112)97-67(77(111)90-46-71(88)105)49-122-50-74(108)94-66(40-54-25-17-14-18-26-54)84(118)103(11)70(86(120)101(68)9)42-56-29-21-16-22-30-56/h14-32,34-37,45,51-53,62-71,76,89,104-105H,12-13,33,38-44,46-50,88H2,1-11H3,(H,90,111)(H,91,116)(H,92,106)(H,93,107)(H,94,108)(H,95,113)(H,96,114)(H,97,112)(H,98,115)(H,109,110)/t53-,62-,63-,64-,65-,66-,67+,68-,69-,70-,71?,76-/m0/s1. The minimum atomic E-state index is -1.87. The number of benzene rings is 5. The molecule has 1 unspecified atom stereocenters. The Labute approximate surface area is 714 Å². The van der Waals surface area contributed by atoms with Crippen LogP contribution in [0, 0.1) is 11.8 Å². The van der Waals surface area contributed by atoms with E-state index in [0.29, 0.717) is 51.6 Å². The number of phenols is 1. The molecule has 0 aliphatic carbocycles. The summed E-state index contributed by atoms with van der Waals surface area (Å²) in [4.78, 5) is 228. The molecule has 12 atom stereocenters. The number of nitrogens with two attached hydrogens (primary N) is 1. The number of aromatic hydroxyl groups is 1. The van der Waals surface area contributed by atoms with E-state index in [1.165, 1.54) is 76.2 Å². The van der Waals surface area contributed by atoms with Crippen molar-refractivity contribution in [1.82, 2.24) is 77.3 Å². The Morgan fingerprint density at radius 3 is 1.56 bits per heavy atom. The van der Waals surface area contributed by atoms with Gasteiger partial charge in [-0.3, -0.25) is 71.9 Å². The van der Waals surface area contributed by atoms with E-state index in [1.54, 1.807) is 149 Å². The first-order chi connectivity index (χ1) is 57.9. The fraction of sp³-hybridized carbons (Fsp3) is 0.460. The van der Waals surface area contributed by atoms with Crippen LogP contribution < -0.4 is 53.6 Å². The summed E-state index contributed by atoms with van der Waals surface area (Å²) in [6, 6.07) is 22.4. The van der Waals surface area contributed by atoms with Crippen molar-refractivity contribution < 1.29 is 87.2 Å². The summed E-state index contributed by atoms with van der Waals surface area (Å²) in [7, 11) is 6.58. The molecule has 1 aliphatic rings. The Kier molecular flexibility index (Phi) is 37.4. The van der Waals surface area contributed by atoms with Crippen LogP contribution in [0.15, 0.2) is 146 Å². The predicted molar refractivity (Wildman–Crippen MR) is 457 cm³/mol. The number of unbranched alkanes of at least 4 members (excludes halogenated alkanes) is 1. The maximum Gasteiger partial charge on any atom is 0.305 e. The monoisotopic (exact) mass is 1700 g/mol. The number of likely N-dealkylation sites (N-methyl/N-ethyl adjacent to an activating group) is 5. The number of aromatic amines is 1. The molecule has 6 aromatic rings. The Bertz CT molecular complexity index is 4600. The number of carbonyl (C=O) groups excluding carboxylic acids is 14. The van der Waals surface area contributed by atoms with Gasteiger partial charge in [-0.2, -0.15) is 0 Å².